The maximum absolute atomic E-state index is 11.4. The molecule has 1 atom stereocenters. The molecule has 0 saturated carbocycles. The van der Waals surface area contributed by atoms with Crippen LogP contribution in [-0.4, -0.2) is 22.4 Å². The summed E-state index contributed by atoms with van der Waals surface area (Å²) < 4.78 is 5.40. The highest BCUT2D eigenvalue weighted by Crippen LogP contribution is 2.26. The van der Waals surface area contributed by atoms with E-state index in [9.17, 15) is 4.79 Å². The van der Waals surface area contributed by atoms with Gasteiger partial charge in [0, 0.05) is 0 Å². The number of carbonyl (C=O) groups excluding carboxylic acids is 1. The average molecular weight is 180 g/mol. The number of carbonyl (C=O) groups is 1. The molecule has 4 heteroatoms. The van der Waals surface area contributed by atoms with Gasteiger partial charge in [-0.25, -0.2) is 0 Å². The molecule has 0 spiro atoms. The Labute approximate surface area is 76.8 Å². The first-order chi connectivity index (χ1) is 6.08. The lowest BCUT2D eigenvalue weighted by Crippen LogP contribution is -2.40. The molecular weight excluding hydrogens is 168 g/mol. The number of hydrogen-bond donors (Lipinski definition) is 0. The van der Waals surface area contributed by atoms with Gasteiger partial charge in [-0.2, -0.15) is 4.79 Å². The highest BCUT2D eigenvalue weighted by atomic mass is 16.5. The zero-order chi connectivity index (χ0) is 9.90. The van der Waals surface area contributed by atoms with Gasteiger partial charge in [-0.3, -0.25) is 4.79 Å². The molecule has 0 bridgehead atoms. The Morgan fingerprint density at radius 2 is 2.54 bits per heavy atom. The minimum Gasteiger partial charge on any atom is -0.484 e. The summed E-state index contributed by atoms with van der Waals surface area (Å²) in [7, 11) is 0. The van der Waals surface area contributed by atoms with Crippen molar-refractivity contribution in [3.8, 4) is 0 Å². The number of rotatable bonds is 2. The lowest BCUT2D eigenvalue weighted by molar-refractivity contribution is -0.135. The predicted octanol–water partition coefficient (Wildman–Crippen LogP) is 1.33. The van der Waals surface area contributed by atoms with E-state index < -0.39 is 5.60 Å². The van der Waals surface area contributed by atoms with Crippen LogP contribution in [0.1, 0.15) is 26.7 Å². The fourth-order valence-corrected chi connectivity index (χ4v) is 1.36. The number of Topliss-reactive ketones (excluding diaryl/α,β-unsaturated/α-hetero) is 1. The second kappa shape index (κ2) is 3.54. The van der Waals surface area contributed by atoms with Gasteiger partial charge in [0.05, 0.1) is 5.76 Å². The van der Waals surface area contributed by atoms with Crippen molar-refractivity contribution in [3.63, 3.8) is 0 Å². The highest BCUT2D eigenvalue weighted by Gasteiger charge is 2.37. The van der Waals surface area contributed by atoms with E-state index in [1.807, 2.05) is 6.08 Å². The third-order valence-corrected chi connectivity index (χ3v) is 2.14. The van der Waals surface area contributed by atoms with Crippen molar-refractivity contribution in [3.05, 3.63) is 17.4 Å². The molecular formula is C9H12N2O2. The Bertz CT molecular complexity index is 303. The number of ether oxygens (including phenoxy) is 1. The van der Waals surface area contributed by atoms with Crippen LogP contribution in [0.2, 0.25) is 0 Å². The van der Waals surface area contributed by atoms with E-state index in [1.54, 1.807) is 13.8 Å². The number of ketones is 1. The molecule has 1 unspecified atom stereocenters. The Kier molecular flexibility index (Phi) is 2.63. The van der Waals surface area contributed by atoms with Gasteiger partial charge < -0.3 is 10.3 Å². The largest absolute Gasteiger partial charge is 0.484 e. The molecule has 0 aromatic heterocycles. The normalized spacial score (nSPS) is 26.8. The van der Waals surface area contributed by atoms with Crippen LogP contribution < -0.4 is 0 Å². The van der Waals surface area contributed by atoms with Crippen LogP contribution in [0.25, 0.3) is 5.53 Å². The van der Waals surface area contributed by atoms with Crippen molar-refractivity contribution in [1.29, 1.82) is 0 Å². The van der Waals surface area contributed by atoms with Crippen molar-refractivity contribution < 1.29 is 14.3 Å². The van der Waals surface area contributed by atoms with Gasteiger partial charge in [0.15, 0.2) is 5.60 Å². The van der Waals surface area contributed by atoms with Crippen LogP contribution >= 0.6 is 0 Å². The van der Waals surface area contributed by atoms with E-state index in [4.69, 9.17) is 10.3 Å². The van der Waals surface area contributed by atoms with Gasteiger partial charge in [0.25, 0.3) is 5.78 Å². The number of allylic oxidation sites excluding steroid dienone is 2. The summed E-state index contributed by atoms with van der Waals surface area (Å²) in [5.41, 5.74) is 7.37. The summed E-state index contributed by atoms with van der Waals surface area (Å²) in [5.74, 6) is 0.441. The van der Waals surface area contributed by atoms with Gasteiger partial charge >= 0.3 is 6.21 Å². The molecule has 1 aliphatic heterocycles. The van der Waals surface area contributed by atoms with Crippen LogP contribution in [-0.2, 0) is 9.53 Å². The van der Waals surface area contributed by atoms with E-state index in [-0.39, 0.29) is 5.78 Å². The van der Waals surface area contributed by atoms with Crippen LogP contribution in [0.15, 0.2) is 11.8 Å². The monoisotopic (exact) mass is 180 g/mol. The molecule has 0 N–H and O–H groups in total. The van der Waals surface area contributed by atoms with E-state index in [0.29, 0.717) is 6.42 Å². The Morgan fingerprint density at radius 3 is 3.08 bits per heavy atom. The van der Waals surface area contributed by atoms with Crippen LogP contribution in [0, 0.1) is 0 Å². The van der Waals surface area contributed by atoms with Gasteiger partial charge in [-0.1, -0.05) is 0 Å². The molecule has 1 rings (SSSR count). The maximum atomic E-state index is 11.4. The van der Waals surface area contributed by atoms with Gasteiger partial charge in [0.2, 0.25) is 0 Å². The summed E-state index contributed by atoms with van der Waals surface area (Å²) in [6.45, 7) is 3.51. The first-order valence-electron chi connectivity index (χ1n) is 4.16. The zero-order valence-corrected chi connectivity index (χ0v) is 7.78. The topological polar surface area (TPSA) is 62.7 Å². The van der Waals surface area contributed by atoms with E-state index >= 15 is 0 Å². The lowest BCUT2D eigenvalue weighted by atomic mass is 9.93. The molecule has 1 heterocycles. The molecule has 0 amide bonds. The summed E-state index contributed by atoms with van der Waals surface area (Å²) in [5, 5.41) is 0. The smallest absolute Gasteiger partial charge is 0.327 e. The van der Waals surface area contributed by atoms with Crippen molar-refractivity contribution in [2.24, 2.45) is 0 Å². The second-order valence-corrected chi connectivity index (χ2v) is 3.30. The summed E-state index contributed by atoms with van der Waals surface area (Å²) in [6.07, 6.45) is 4.26. The third-order valence-electron chi connectivity index (χ3n) is 2.14. The zero-order valence-electron chi connectivity index (χ0n) is 7.78. The first-order valence-corrected chi connectivity index (χ1v) is 4.16. The summed E-state index contributed by atoms with van der Waals surface area (Å²) >= 11 is 0. The average Bonchev–Trinajstić information content (AvgIpc) is 2.04. The first kappa shape index (κ1) is 9.68. The van der Waals surface area contributed by atoms with Crippen molar-refractivity contribution >= 4 is 12.0 Å². The second-order valence-electron chi connectivity index (χ2n) is 3.30. The predicted molar refractivity (Wildman–Crippen MR) is 47.2 cm³/mol. The highest BCUT2D eigenvalue weighted by molar-refractivity contribution is 6.29. The van der Waals surface area contributed by atoms with E-state index in [2.05, 4.69) is 4.79 Å². The third kappa shape index (κ3) is 2.04. The molecule has 13 heavy (non-hydrogen) atoms. The van der Waals surface area contributed by atoms with E-state index in [1.165, 1.54) is 0 Å². The lowest BCUT2D eigenvalue weighted by Gasteiger charge is -2.29. The minimum absolute atomic E-state index is 0.303. The van der Waals surface area contributed by atoms with Gasteiger partial charge in [0.1, 0.15) is 0 Å². The van der Waals surface area contributed by atoms with Crippen LogP contribution in [0.4, 0.5) is 0 Å². The molecule has 0 aromatic rings. The van der Waals surface area contributed by atoms with Gasteiger partial charge in [-0.15, -0.1) is 0 Å². The fraction of sp³-hybridized carbons (Fsp3) is 0.556. The van der Waals surface area contributed by atoms with Crippen LogP contribution in [0.5, 0.6) is 0 Å². The van der Waals surface area contributed by atoms with Gasteiger partial charge in [-0.05, 0) is 32.8 Å². The number of hydrogen-bond acceptors (Lipinski definition) is 2. The van der Waals surface area contributed by atoms with Crippen molar-refractivity contribution in [2.75, 3.05) is 0 Å². The fourth-order valence-electron chi connectivity index (χ4n) is 1.36. The Morgan fingerprint density at radius 1 is 1.85 bits per heavy atom. The van der Waals surface area contributed by atoms with Crippen molar-refractivity contribution in [2.45, 2.75) is 32.3 Å². The number of nitrogens with zero attached hydrogens (tertiary/aromatic N) is 2. The SMILES string of the molecule is CC1=CCCC(C)(C(=O)C=[N+]=[N-])O1. The minimum atomic E-state index is -0.856. The molecule has 0 aromatic carbocycles. The molecule has 0 fully saturated rings. The van der Waals surface area contributed by atoms with Crippen molar-refractivity contribution in [1.82, 2.24) is 0 Å². The molecule has 1 aliphatic rings. The Hall–Kier alpha value is -1.41. The summed E-state index contributed by atoms with van der Waals surface area (Å²) in [4.78, 5) is 14.1. The standard InChI is InChI=1S/C9H12N2O2/c1-7-4-3-5-9(2,13-7)8(12)6-11-10/h4,6H,3,5H2,1-2H3. The molecule has 0 aliphatic carbocycles. The van der Waals surface area contributed by atoms with E-state index in [0.717, 1.165) is 18.4 Å². The maximum Gasteiger partial charge on any atom is 0.327 e. The van der Waals surface area contributed by atoms with Crippen LogP contribution in [0.3, 0.4) is 0 Å². The quantitative estimate of drug-likeness (QED) is 0.365. The molecule has 4 nitrogen and oxygen atoms in total. The molecule has 0 radical (unpaired) electrons. The summed E-state index contributed by atoms with van der Waals surface area (Å²) in [6, 6.07) is 0. The molecule has 70 valence electrons. The molecule has 0 saturated heterocycles. The Balaban J connectivity index is 2.83.